The van der Waals surface area contributed by atoms with Crippen LogP contribution in [0.5, 0.6) is 0 Å². The predicted molar refractivity (Wildman–Crippen MR) is 74.4 cm³/mol. The fourth-order valence-corrected chi connectivity index (χ4v) is 3.80. The second kappa shape index (κ2) is 6.86. The molecule has 0 saturated heterocycles. The fourth-order valence-electron chi connectivity index (χ4n) is 1.66. The molecular formula is C14H21O3P. The molecule has 1 aromatic rings. The van der Waals surface area contributed by atoms with Gasteiger partial charge in [0.2, 0.25) is 5.52 Å². The van der Waals surface area contributed by atoms with Crippen LogP contribution in [0.15, 0.2) is 30.3 Å². The van der Waals surface area contributed by atoms with Crippen molar-refractivity contribution in [1.82, 2.24) is 0 Å². The predicted octanol–water partition coefficient (Wildman–Crippen LogP) is 3.73. The van der Waals surface area contributed by atoms with Gasteiger partial charge >= 0.3 is 0 Å². The van der Waals surface area contributed by atoms with Gasteiger partial charge in [-0.2, -0.15) is 0 Å². The summed E-state index contributed by atoms with van der Waals surface area (Å²) < 4.78 is 18.3. The van der Waals surface area contributed by atoms with E-state index in [0.717, 1.165) is 12.8 Å². The summed E-state index contributed by atoms with van der Waals surface area (Å²) >= 11 is 0. The summed E-state index contributed by atoms with van der Waals surface area (Å²) in [5.41, 5.74) is -0.274. The highest BCUT2D eigenvalue weighted by molar-refractivity contribution is 7.82. The van der Waals surface area contributed by atoms with E-state index in [2.05, 4.69) is 0 Å². The minimum atomic E-state index is -3.39. The Morgan fingerprint density at radius 3 is 2.39 bits per heavy atom. The second-order valence-corrected chi connectivity index (χ2v) is 6.87. The van der Waals surface area contributed by atoms with Crippen molar-refractivity contribution in [2.45, 2.75) is 46.1 Å². The van der Waals surface area contributed by atoms with Gasteiger partial charge in [-0.1, -0.05) is 31.5 Å². The van der Waals surface area contributed by atoms with E-state index < -0.39 is 7.37 Å². The molecule has 0 saturated carbocycles. The van der Waals surface area contributed by atoms with Crippen molar-refractivity contribution in [2.75, 3.05) is 0 Å². The maximum Gasteiger partial charge on any atom is 0.296 e. The van der Waals surface area contributed by atoms with Crippen LogP contribution in [0.2, 0.25) is 0 Å². The van der Waals surface area contributed by atoms with Gasteiger partial charge in [0.25, 0.3) is 7.37 Å². The number of unbranched alkanes of at least 4 members (excludes halogenated alkanes) is 1. The molecule has 0 amide bonds. The minimum Gasteiger partial charge on any atom is -0.317 e. The maximum absolute atomic E-state index is 12.9. The zero-order valence-corrected chi connectivity index (χ0v) is 12.2. The smallest absolute Gasteiger partial charge is 0.296 e. The molecule has 3 nitrogen and oxygen atoms in total. The molecule has 0 spiro atoms. The molecule has 1 unspecified atom stereocenters. The van der Waals surface area contributed by atoms with E-state index in [4.69, 9.17) is 4.52 Å². The Labute approximate surface area is 109 Å². The Morgan fingerprint density at radius 2 is 1.89 bits per heavy atom. The standard InChI is InChI=1S/C14H21O3P/c1-4-5-11-14(15)18(16,17-12(2)3)13-9-7-6-8-10-13/h6-10,12H,4-5,11H2,1-3H3. The third-order valence-corrected chi connectivity index (χ3v) is 5.10. The van der Waals surface area contributed by atoms with Crippen molar-refractivity contribution < 1.29 is 13.9 Å². The molecule has 100 valence electrons. The first kappa shape index (κ1) is 15.1. The van der Waals surface area contributed by atoms with Gasteiger partial charge in [0.15, 0.2) is 0 Å². The first-order chi connectivity index (χ1) is 8.50. The number of hydrogen-bond donors (Lipinski definition) is 0. The molecule has 1 rings (SSSR count). The summed E-state index contributed by atoms with van der Waals surface area (Å²) in [4.78, 5) is 12.2. The van der Waals surface area contributed by atoms with Gasteiger partial charge in [0.05, 0.1) is 6.10 Å². The molecule has 1 atom stereocenters. The molecule has 4 heteroatoms. The first-order valence-corrected chi connectivity index (χ1v) is 8.00. The Balaban J connectivity index is 3.03. The van der Waals surface area contributed by atoms with Crippen molar-refractivity contribution in [2.24, 2.45) is 0 Å². The molecule has 0 aromatic heterocycles. The van der Waals surface area contributed by atoms with Crippen LogP contribution in [-0.2, 0) is 13.9 Å². The molecule has 1 aromatic carbocycles. The summed E-state index contributed by atoms with van der Waals surface area (Å²) in [6, 6.07) is 8.79. The lowest BCUT2D eigenvalue weighted by atomic mass is 10.3. The minimum absolute atomic E-state index is 0.235. The van der Waals surface area contributed by atoms with Gasteiger partial charge < -0.3 is 4.52 Å². The Bertz CT molecular complexity index is 426. The Morgan fingerprint density at radius 1 is 1.28 bits per heavy atom. The third-order valence-electron chi connectivity index (χ3n) is 2.53. The van der Waals surface area contributed by atoms with Gasteiger partial charge in [-0.25, -0.2) is 0 Å². The lowest BCUT2D eigenvalue weighted by Gasteiger charge is -2.20. The van der Waals surface area contributed by atoms with Crippen molar-refractivity contribution in [3.05, 3.63) is 30.3 Å². The van der Waals surface area contributed by atoms with Crippen LogP contribution >= 0.6 is 7.37 Å². The van der Waals surface area contributed by atoms with Gasteiger partial charge in [-0.3, -0.25) is 9.36 Å². The van der Waals surface area contributed by atoms with Crippen molar-refractivity contribution in [1.29, 1.82) is 0 Å². The normalized spacial score (nSPS) is 14.4. The quantitative estimate of drug-likeness (QED) is 0.708. The highest BCUT2D eigenvalue weighted by atomic mass is 31.2. The van der Waals surface area contributed by atoms with E-state index in [1.165, 1.54) is 0 Å². The molecule has 0 radical (unpaired) electrons. The van der Waals surface area contributed by atoms with Crippen LogP contribution in [0.3, 0.4) is 0 Å². The first-order valence-electron chi connectivity index (χ1n) is 6.38. The summed E-state index contributed by atoms with van der Waals surface area (Å²) in [5, 5.41) is 0.500. The number of benzene rings is 1. The molecule has 18 heavy (non-hydrogen) atoms. The Kier molecular flexibility index (Phi) is 5.77. The summed E-state index contributed by atoms with van der Waals surface area (Å²) in [7, 11) is -3.39. The number of carbonyl (C=O) groups is 1. The maximum atomic E-state index is 12.9. The molecule has 0 aliphatic heterocycles. The van der Waals surface area contributed by atoms with Crippen LogP contribution in [0, 0.1) is 0 Å². The molecule has 0 heterocycles. The third kappa shape index (κ3) is 3.79. The topological polar surface area (TPSA) is 43.4 Å². The molecule has 0 fully saturated rings. The lowest BCUT2D eigenvalue weighted by molar-refractivity contribution is -0.112. The van der Waals surface area contributed by atoms with Crippen LogP contribution in [0.4, 0.5) is 0 Å². The molecule has 0 aliphatic rings. The van der Waals surface area contributed by atoms with Crippen LogP contribution < -0.4 is 5.30 Å². The van der Waals surface area contributed by atoms with E-state index in [1.54, 1.807) is 38.1 Å². The van der Waals surface area contributed by atoms with Crippen molar-refractivity contribution in [3.8, 4) is 0 Å². The SMILES string of the molecule is CCCCC(=O)P(=O)(OC(C)C)c1ccccc1. The van der Waals surface area contributed by atoms with Crippen LogP contribution in [0.1, 0.15) is 40.0 Å². The molecule has 0 N–H and O–H groups in total. The number of rotatable bonds is 7. The van der Waals surface area contributed by atoms with Gasteiger partial charge in [0.1, 0.15) is 0 Å². The Hall–Kier alpha value is -0.920. The van der Waals surface area contributed by atoms with E-state index in [1.807, 2.05) is 13.0 Å². The average Bonchev–Trinajstić information content (AvgIpc) is 2.36. The van der Waals surface area contributed by atoms with E-state index >= 15 is 0 Å². The monoisotopic (exact) mass is 268 g/mol. The molecular weight excluding hydrogens is 247 g/mol. The summed E-state index contributed by atoms with van der Waals surface area (Å²) in [5.74, 6) is 0. The lowest BCUT2D eigenvalue weighted by Crippen LogP contribution is -2.18. The molecule has 0 bridgehead atoms. The van der Waals surface area contributed by atoms with E-state index in [-0.39, 0.29) is 11.6 Å². The largest absolute Gasteiger partial charge is 0.317 e. The summed E-state index contributed by atoms with van der Waals surface area (Å²) in [6.07, 6.45) is 1.73. The van der Waals surface area contributed by atoms with Crippen molar-refractivity contribution >= 4 is 18.2 Å². The highest BCUT2D eigenvalue weighted by Crippen LogP contribution is 2.49. The van der Waals surface area contributed by atoms with Crippen LogP contribution in [0.25, 0.3) is 0 Å². The van der Waals surface area contributed by atoms with Gasteiger partial charge in [0, 0.05) is 11.7 Å². The summed E-state index contributed by atoms with van der Waals surface area (Å²) in [6.45, 7) is 5.59. The van der Waals surface area contributed by atoms with Gasteiger partial charge in [-0.15, -0.1) is 0 Å². The van der Waals surface area contributed by atoms with Crippen molar-refractivity contribution in [3.63, 3.8) is 0 Å². The number of hydrogen-bond acceptors (Lipinski definition) is 3. The average molecular weight is 268 g/mol. The second-order valence-electron chi connectivity index (χ2n) is 4.54. The highest BCUT2D eigenvalue weighted by Gasteiger charge is 2.35. The van der Waals surface area contributed by atoms with E-state index in [9.17, 15) is 9.36 Å². The van der Waals surface area contributed by atoms with Crippen LogP contribution in [-0.4, -0.2) is 11.6 Å². The van der Waals surface area contributed by atoms with Gasteiger partial charge in [-0.05, 0) is 32.4 Å². The zero-order valence-electron chi connectivity index (χ0n) is 11.3. The molecule has 0 aliphatic carbocycles. The number of carbonyl (C=O) groups excluding carboxylic acids is 1. The fraction of sp³-hybridized carbons (Fsp3) is 0.500. The van der Waals surface area contributed by atoms with E-state index in [0.29, 0.717) is 11.7 Å². The zero-order chi connectivity index (χ0) is 13.6.